The van der Waals surface area contributed by atoms with E-state index in [0.29, 0.717) is 13.0 Å². The van der Waals surface area contributed by atoms with Gasteiger partial charge in [0, 0.05) is 16.3 Å². The van der Waals surface area contributed by atoms with Crippen molar-refractivity contribution in [1.29, 1.82) is 0 Å². The van der Waals surface area contributed by atoms with Gasteiger partial charge in [0.15, 0.2) is 6.29 Å². The fourth-order valence-corrected chi connectivity index (χ4v) is 3.35. The lowest BCUT2D eigenvalue weighted by Crippen LogP contribution is -2.26. The molecule has 1 aliphatic heterocycles. The first-order valence-electron chi connectivity index (χ1n) is 8.92. The van der Waals surface area contributed by atoms with Crippen molar-refractivity contribution in [2.75, 3.05) is 25.1 Å². The van der Waals surface area contributed by atoms with E-state index in [1.54, 1.807) is 6.33 Å². The van der Waals surface area contributed by atoms with Crippen molar-refractivity contribution in [3.63, 3.8) is 0 Å². The number of fused-ring (bicyclic) bond motifs is 1. The average Bonchev–Trinajstić information content (AvgIpc) is 2.71. The summed E-state index contributed by atoms with van der Waals surface area (Å²) in [4.78, 5) is 8.65. The molecule has 0 bridgehead atoms. The third-order valence-electron chi connectivity index (χ3n) is 4.25. The molecule has 1 aromatic heterocycles. The Morgan fingerprint density at radius 2 is 1.96 bits per heavy atom. The van der Waals surface area contributed by atoms with Gasteiger partial charge in [0.2, 0.25) is 0 Å². The molecule has 3 aromatic rings. The molecule has 0 saturated carbocycles. The minimum absolute atomic E-state index is 0.158. The maximum atomic E-state index is 5.82. The Kier molecular flexibility index (Phi) is 5.81. The Bertz CT molecular complexity index is 911. The number of halogens is 1. The summed E-state index contributed by atoms with van der Waals surface area (Å²) in [6.07, 6.45) is 3.07. The Morgan fingerprint density at radius 1 is 1.11 bits per heavy atom. The second-order valence-electron chi connectivity index (χ2n) is 6.17. The molecule has 1 N–H and O–H groups in total. The van der Waals surface area contributed by atoms with Gasteiger partial charge in [-0.3, -0.25) is 0 Å². The van der Waals surface area contributed by atoms with E-state index in [1.165, 1.54) is 0 Å². The number of hydrogen-bond acceptors (Lipinski definition) is 6. The fraction of sp³-hybridized carbons (Fsp3) is 0.300. The summed E-state index contributed by atoms with van der Waals surface area (Å²) in [5, 5.41) is 4.33. The minimum Gasteiger partial charge on any atom is -0.493 e. The highest BCUT2D eigenvalue weighted by Crippen LogP contribution is 2.31. The molecule has 4 rings (SSSR count). The van der Waals surface area contributed by atoms with Crippen molar-refractivity contribution in [3.05, 3.63) is 53.3 Å². The number of hydrogen-bond donors (Lipinski definition) is 1. The van der Waals surface area contributed by atoms with E-state index in [4.69, 9.17) is 14.2 Å². The number of aromatic nitrogens is 2. The normalized spacial score (nSPS) is 15.0. The standard InChI is InChI=1S/C20H20BrN3O3/c21-16-12-14(25-11-8-19-26-9-3-10-27-19)6-7-18(16)24-20-15-4-1-2-5-17(15)22-13-23-20/h1-2,4-7,12-13,19H,3,8-11H2,(H,22,23,24). The SMILES string of the molecule is Brc1cc(OCCC2OCCCO2)ccc1Nc1ncnc2ccccc12. The quantitative estimate of drug-likeness (QED) is 0.614. The maximum absolute atomic E-state index is 5.82. The largest absolute Gasteiger partial charge is 0.493 e. The Balaban J connectivity index is 1.40. The fourth-order valence-electron chi connectivity index (χ4n) is 2.90. The number of benzene rings is 2. The van der Waals surface area contributed by atoms with Crippen LogP contribution in [0, 0.1) is 0 Å². The van der Waals surface area contributed by atoms with E-state index in [2.05, 4.69) is 31.2 Å². The van der Waals surface area contributed by atoms with Gasteiger partial charge in [-0.25, -0.2) is 9.97 Å². The monoisotopic (exact) mass is 429 g/mol. The molecule has 1 aliphatic rings. The van der Waals surface area contributed by atoms with Crippen LogP contribution in [0.5, 0.6) is 5.75 Å². The first-order chi connectivity index (χ1) is 13.3. The van der Waals surface area contributed by atoms with Gasteiger partial charge < -0.3 is 19.5 Å². The van der Waals surface area contributed by atoms with Crippen LogP contribution in [0.25, 0.3) is 10.9 Å². The van der Waals surface area contributed by atoms with Crippen LogP contribution in [0.4, 0.5) is 11.5 Å². The van der Waals surface area contributed by atoms with Crippen LogP contribution < -0.4 is 10.1 Å². The second-order valence-corrected chi connectivity index (χ2v) is 7.02. The predicted molar refractivity (Wildman–Crippen MR) is 107 cm³/mol. The van der Waals surface area contributed by atoms with Crippen molar-refractivity contribution in [2.45, 2.75) is 19.1 Å². The van der Waals surface area contributed by atoms with Gasteiger partial charge in [0.1, 0.15) is 17.9 Å². The third-order valence-corrected chi connectivity index (χ3v) is 4.91. The van der Waals surface area contributed by atoms with Crippen molar-refractivity contribution >= 4 is 38.3 Å². The topological polar surface area (TPSA) is 65.5 Å². The molecule has 2 heterocycles. The second kappa shape index (κ2) is 8.65. The highest BCUT2D eigenvalue weighted by Gasteiger charge is 2.14. The molecule has 1 fully saturated rings. The van der Waals surface area contributed by atoms with Crippen molar-refractivity contribution in [1.82, 2.24) is 9.97 Å². The highest BCUT2D eigenvalue weighted by molar-refractivity contribution is 9.10. The van der Waals surface area contributed by atoms with E-state index in [0.717, 1.165) is 52.3 Å². The van der Waals surface area contributed by atoms with E-state index in [1.807, 2.05) is 42.5 Å². The van der Waals surface area contributed by atoms with Gasteiger partial charge >= 0.3 is 0 Å². The Hall–Kier alpha value is -2.22. The summed E-state index contributed by atoms with van der Waals surface area (Å²) in [7, 11) is 0. The maximum Gasteiger partial charge on any atom is 0.160 e. The lowest BCUT2D eigenvalue weighted by molar-refractivity contribution is -0.183. The third kappa shape index (κ3) is 4.55. The van der Waals surface area contributed by atoms with Crippen LogP contribution in [0.2, 0.25) is 0 Å². The lowest BCUT2D eigenvalue weighted by Gasteiger charge is -2.23. The number of para-hydroxylation sites is 1. The van der Waals surface area contributed by atoms with E-state index < -0.39 is 0 Å². The van der Waals surface area contributed by atoms with Crippen molar-refractivity contribution in [2.24, 2.45) is 0 Å². The molecule has 0 spiro atoms. The Morgan fingerprint density at radius 3 is 2.81 bits per heavy atom. The number of ether oxygens (including phenoxy) is 3. The summed E-state index contributed by atoms with van der Waals surface area (Å²) in [5.41, 5.74) is 1.81. The molecule has 0 atom stereocenters. The first kappa shape index (κ1) is 18.2. The van der Waals surface area contributed by atoms with Crippen LogP contribution in [0.1, 0.15) is 12.8 Å². The molecule has 140 valence electrons. The number of anilines is 2. The number of nitrogens with zero attached hydrogens (tertiary/aromatic N) is 2. The molecule has 27 heavy (non-hydrogen) atoms. The van der Waals surface area contributed by atoms with Gasteiger partial charge in [-0.05, 0) is 52.7 Å². The number of rotatable bonds is 6. The predicted octanol–water partition coefficient (Wildman–Crippen LogP) is 4.67. The first-order valence-corrected chi connectivity index (χ1v) is 9.71. The molecular formula is C20H20BrN3O3. The molecule has 0 unspecified atom stereocenters. The van der Waals surface area contributed by atoms with Crippen LogP contribution >= 0.6 is 15.9 Å². The van der Waals surface area contributed by atoms with E-state index in [-0.39, 0.29) is 6.29 Å². The zero-order valence-electron chi connectivity index (χ0n) is 14.7. The van der Waals surface area contributed by atoms with Crippen LogP contribution in [-0.4, -0.2) is 36.1 Å². The summed E-state index contributed by atoms with van der Waals surface area (Å²) in [6, 6.07) is 13.7. The average molecular weight is 430 g/mol. The van der Waals surface area contributed by atoms with Crippen molar-refractivity contribution < 1.29 is 14.2 Å². The van der Waals surface area contributed by atoms with Gasteiger partial charge in [0.25, 0.3) is 0 Å². The van der Waals surface area contributed by atoms with Crippen LogP contribution in [0.3, 0.4) is 0 Å². The molecule has 1 saturated heterocycles. The van der Waals surface area contributed by atoms with Gasteiger partial charge in [0.05, 0.1) is 31.0 Å². The molecule has 0 radical (unpaired) electrons. The molecule has 2 aromatic carbocycles. The molecule has 0 aliphatic carbocycles. The molecule has 7 heteroatoms. The molecule has 0 amide bonds. The zero-order chi connectivity index (χ0) is 18.5. The highest BCUT2D eigenvalue weighted by atomic mass is 79.9. The summed E-state index contributed by atoms with van der Waals surface area (Å²) in [5.74, 6) is 1.55. The summed E-state index contributed by atoms with van der Waals surface area (Å²) < 4.78 is 17.8. The van der Waals surface area contributed by atoms with Crippen LogP contribution in [0.15, 0.2) is 53.3 Å². The van der Waals surface area contributed by atoms with E-state index in [9.17, 15) is 0 Å². The Labute approximate surface area is 166 Å². The van der Waals surface area contributed by atoms with Gasteiger partial charge in [-0.15, -0.1) is 0 Å². The number of nitrogens with one attached hydrogen (secondary N) is 1. The van der Waals surface area contributed by atoms with Crippen LogP contribution in [-0.2, 0) is 9.47 Å². The summed E-state index contributed by atoms with van der Waals surface area (Å²) in [6.45, 7) is 2.06. The smallest absolute Gasteiger partial charge is 0.160 e. The summed E-state index contributed by atoms with van der Waals surface area (Å²) >= 11 is 3.60. The minimum atomic E-state index is -0.158. The van der Waals surface area contributed by atoms with Crippen molar-refractivity contribution in [3.8, 4) is 5.75 Å². The van der Waals surface area contributed by atoms with Gasteiger partial charge in [-0.1, -0.05) is 12.1 Å². The van der Waals surface area contributed by atoms with E-state index >= 15 is 0 Å². The molecular weight excluding hydrogens is 410 g/mol. The lowest BCUT2D eigenvalue weighted by atomic mass is 10.2. The van der Waals surface area contributed by atoms with Gasteiger partial charge in [-0.2, -0.15) is 0 Å². The molecule has 6 nitrogen and oxygen atoms in total. The zero-order valence-corrected chi connectivity index (χ0v) is 16.3.